The smallest absolute Gasteiger partial charge is 0.180 e. The van der Waals surface area contributed by atoms with Crippen LogP contribution < -0.4 is 4.74 Å². The molecule has 0 aliphatic carbocycles. The van der Waals surface area contributed by atoms with Gasteiger partial charge in [-0.25, -0.2) is 4.98 Å². The lowest BCUT2D eigenvalue weighted by Gasteiger charge is -2.07. The van der Waals surface area contributed by atoms with Crippen LogP contribution in [0.5, 0.6) is 5.75 Å². The van der Waals surface area contributed by atoms with Gasteiger partial charge in [0.05, 0.1) is 12.3 Å². The van der Waals surface area contributed by atoms with E-state index in [-0.39, 0.29) is 6.61 Å². The standard InChI is InChI=1S/C15H14N2O2/c18-10-13-9-17-8-4-7-14(15(17)16-13)19-11-12-5-2-1-3-6-12/h1-9,18H,10-11H2. The molecule has 4 nitrogen and oxygen atoms in total. The number of aliphatic hydroxyl groups is 1. The highest BCUT2D eigenvalue weighted by atomic mass is 16.5. The number of rotatable bonds is 4. The molecule has 4 heteroatoms. The van der Waals surface area contributed by atoms with Gasteiger partial charge in [0.25, 0.3) is 0 Å². The van der Waals surface area contributed by atoms with Gasteiger partial charge in [-0.2, -0.15) is 0 Å². The third-order valence-electron chi connectivity index (χ3n) is 2.90. The van der Waals surface area contributed by atoms with Crippen LogP contribution >= 0.6 is 0 Å². The van der Waals surface area contributed by atoms with Crippen molar-refractivity contribution in [3.63, 3.8) is 0 Å². The lowest BCUT2D eigenvalue weighted by Crippen LogP contribution is -1.97. The summed E-state index contributed by atoms with van der Waals surface area (Å²) in [6.45, 7) is 0.432. The van der Waals surface area contributed by atoms with Gasteiger partial charge >= 0.3 is 0 Å². The van der Waals surface area contributed by atoms with Crippen LogP contribution in [-0.4, -0.2) is 14.5 Å². The summed E-state index contributed by atoms with van der Waals surface area (Å²) in [4.78, 5) is 4.33. The maximum atomic E-state index is 9.12. The first kappa shape index (κ1) is 11.7. The van der Waals surface area contributed by atoms with E-state index in [9.17, 15) is 0 Å². The molecule has 0 aliphatic rings. The van der Waals surface area contributed by atoms with Crippen molar-refractivity contribution < 1.29 is 9.84 Å². The van der Waals surface area contributed by atoms with E-state index >= 15 is 0 Å². The molecule has 1 N–H and O–H groups in total. The van der Waals surface area contributed by atoms with Gasteiger partial charge in [-0.15, -0.1) is 0 Å². The molecule has 96 valence electrons. The molecule has 2 heterocycles. The molecule has 2 aromatic heterocycles. The second kappa shape index (κ2) is 5.12. The fraction of sp³-hybridized carbons (Fsp3) is 0.133. The summed E-state index contributed by atoms with van der Waals surface area (Å²) < 4.78 is 7.65. The Bertz CT molecular complexity index is 677. The van der Waals surface area contributed by atoms with Gasteiger partial charge in [-0.3, -0.25) is 0 Å². The Balaban J connectivity index is 1.86. The average Bonchev–Trinajstić information content (AvgIpc) is 2.90. The zero-order valence-corrected chi connectivity index (χ0v) is 10.4. The van der Waals surface area contributed by atoms with Crippen molar-refractivity contribution in [2.45, 2.75) is 13.2 Å². The van der Waals surface area contributed by atoms with E-state index in [1.807, 2.05) is 53.1 Å². The van der Waals surface area contributed by atoms with Gasteiger partial charge in [0.1, 0.15) is 6.61 Å². The molecule has 3 rings (SSSR count). The maximum absolute atomic E-state index is 9.12. The highest BCUT2D eigenvalue weighted by Crippen LogP contribution is 2.20. The van der Waals surface area contributed by atoms with Crippen LogP contribution in [0, 0.1) is 0 Å². The van der Waals surface area contributed by atoms with Gasteiger partial charge in [0.2, 0.25) is 0 Å². The summed E-state index contributed by atoms with van der Waals surface area (Å²) in [5.74, 6) is 0.714. The molecular weight excluding hydrogens is 240 g/mol. The van der Waals surface area contributed by atoms with Gasteiger partial charge in [0.15, 0.2) is 11.4 Å². The number of aromatic nitrogens is 2. The normalized spacial score (nSPS) is 10.8. The largest absolute Gasteiger partial charge is 0.485 e. The lowest BCUT2D eigenvalue weighted by atomic mass is 10.2. The number of nitrogens with zero attached hydrogens (tertiary/aromatic N) is 2. The minimum Gasteiger partial charge on any atom is -0.485 e. The fourth-order valence-electron chi connectivity index (χ4n) is 1.96. The second-order valence-electron chi connectivity index (χ2n) is 4.27. The molecule has 0 saturated heterocycles. The number of ether oxygens (including phenoxy) is 1. The van der Waals surface area contributed by atoms with Crippen LogP contribution in [0.1, 0.15) is 11.3 Å². The Hall–Kier alpha value is -2.33. The van der Waals surface area contributed by atoms with E-state index in [1.54, 1.807) is 6.20 Å². The van der Waals surface area contributed by atoms with Crippen molar-refractivity contribution in [1.29, 1.82) is 0 Å². The minimum atomic E-state index is -0.0696. The molecule has 0 saturated carbocycles. The Kier molecular flexibility index (Phi) is 3.16. The first-order valence-electron chi connectivity index (χ1n) is 6.11. The lowest BCUT2D eigenvalue weighted by molar-refractivity contribution is 0.277. The van der Waals surface area contributed by atoms with Gasteiger partial charge in [-0.05, 0) is 17.7 Å². The molecule has 0 fully saturated rings. The van der Waals surface area contributed by atoms with Crippen LogP contribution in [0.25, 0.3) is 5.65 Å². The molecule has 0 unspecified atom stereocenters. The van der Waals surface area contributed by atoms with Gasteiger partial charge in [-0.1, -0.05) is 30.3 Å². The fourth-order valence-corrected chi connectivity index (χ4v) is 1.96. The predicted octanol–water partition coefficient (Wildman–Crippen LogP) is 2.41. The topological polar surface area (TPSA) is 46.8 Å². The molecular formula is C15H14N2O2. The van der Waals surface area contributed by atoms with Crippen LogP contribution in [0.3, 0.4) is 0 Å². The van der Waals surface area contributed by atoms with E-state index < -0.39 is 0 Å². The predicted molar refractivity (Wildman–Crippen MR) is 71.9 cm³/mol. The third kappa shape index (κ3) is 2.44. The van der Waals surface area contributed by atoms with E-state index in [4.69, 9.17) is 9.84 Å². The van der Waals surface area contributed by atoms with Crippen molar-refractivity contribution in [2.75, 3.05) is 0 Å². The summed E-state index contributed by atoms with van der Waals surface area (Å²) in [5.41, 5.74) is 2.47. The Labute approximate surface area is 110 Å². The molecule has 0 aliphatic heterocycles. The number of benzene rings is 1. The number of pyridine rings is 1. The van der Waals surface area contributed by atoms with E-state index in [0.717, 1.165) is 11.2 Å². The minimum absolute atomic E-state index is 0.0696. The van der Waals surface area contributed by atoms with E-state index in [2.05, 4.69) is 4.98 Å². The monoisotopic (exact) mass is 254 g/mol. The van der Waals surface area contributed by atoms with Crippen LogP contribution in [0.4, 0.5) is 0 Å². The van der Waals surface area contributed by atoms with Crippen molar-refractivity contribution in [2.24, 2.45) is 0 Å². The van der Waals surface area contributed by atoms with Crippen LogP contribution in [0.2, 0.25) is 0 Å². The SMILES string of the molecule is OCc1cn2cccc(OCc3ccccc3)c2n1. The molecule has 0 radical (unpaired) electrons. The zero-order chi connectivity index (χ0) is 13.1. The first-order chi connectivity index (χ1) is 9.36. The van der Waals surface area contributed by atoms with Gasteiger partial charge in [0, 0.05) is 12.4 Å². The number of fused-ring (bicyclic) bond motifs is 1. The van der Waals surface area contributed by atoms with Crippen molar-refractivity contribution >= 4 is 5.65 Å². The molecule has 0 atom stereocenters. The molecule has 3 aromatic rings. The van der Waals surface area contributed by atoms with Crippen molar-refractivity contribution in [3.05, 3.63) is 66.1 Å². The highest BCUT2D eigenvalue weighted by molar-refractivity contribution is 5.54. The molecule has 0 amide bonds. The summed E-state index contributed by atoms with van der Waals surface area (Å²) in [5, 5.41) is 9.12. The number of aliphatic hydroxyl groups excluding tert-OH is 1. The van der Waals surface area contributed by atoms with Gasteiger partial charge < -0.3 is 14.2 Å². The number of hydrogen-bond donors (Lipinski definition) is 1. The Morgan fingerprint density at radius 1 is 1.11 bits per heavy atom. The third-order valence-corrected chi connectivity index (χ3v) is 2.90. The van der Waals surface area contributed by atoms with Crippen LogP contribution in [0.15, 0.2) is 54.9 Å². The first-order valence-corrected chi connectivity index (χ1v) is 6.11. The van der Waals surface area contributed by atoms with Crippen molar-refractivity contribution in [3.8, 4) is 5.75 Å². The maximum Gasteiger partial charge on any atom is 0.180 e. The number of imidazole rings is 1. The summed E-state index contributed by atoms with van der Waals surface area (Å²) in [6, 6.07) is 13.8. The Morgan fingerprint density at radius 2 is 1.95 bits per heavy atom. The summed E-state index contributed by atoms with van der Waals surface area (Å²) in [6.07, 6.45) is 3.68. The molecule has 0 spiro atoms. The Morgan fingerprint density at radius 3 is 2.74 bits per heavy atom. The highest BCUT2D eigenvalue weighted by Gasteiger charge is 2.06. The summed E-state index contributed by atoms with van der Waals surface area (Å²) >= 11 is 0. The summed E-state index contributed by atoms with van der Waals surface area (Å²) in [7, 11) is 0. The number of hydrogen-bond acceptors (Lipinski definition) is 3. The molecule has 1 aromatic carbocycles. The van der Waals surface area contributed by atoms with E-state index in [1.165, 1.54) is 0 Å². The van der Waals surface area contributed by atoms with Crippen LogP contribution in [-0.2, 0) is 13.2 Å². The second-order valence-corrected chi connectivity index (χ2v) is 4.27. The average molecular weight is 254 g/mol. The van der Waals surface area contributed by atoms with E-state index in [0.29, 0.717) is 18.1 Å². The molecule has 19 heavy (non-hydrogen) atoms. The quantitative estimate of drug-likeness (QED) is 0.777. The van der Waals surface area contributed by atoms with Crippen molar-refractivity contribution in [1.82, 2.24) is 9.38 Å². The zero-order valence-electron chi connectivity index (χ0n) is 10.4. The molecule has 0 bridgehead atoms.